The molecule has 1 aromatic carbocycles. The fourth-order valence-corrected chi connectivity index (χ4v) is 1.09. The van der Waals surface area contributed by atoms with Gasteiger partial charge in [0.1, 0.15) is 5.75 Å². The largest absolute Gasteiger partial charge is 0.707 e. The minimum Gasteiger partial charge on any atom is -0.511 e. The second kappa shape index (κ2) is 4.46. The van der Waals surface area contributed by atoms with Crippen molar-refractivity contribution in [3.63, 3.8) is 0 Å². The summed E-state index contributed by atoms with van der Waals surface area (Å²) in [4.78, 5) is 11.0. The third kappa shape index (κ3) is 2.73. The van der Waals surface area contributed by atoms with E-state index in [0.29, 0.717) is 5.56 Å². The molecular weight excluding hydrogens is 206 g/mol. The molecule has 14 heavy (non-hydrogen) atoms. The average molecular weight is 214 g/mol. The van der Waals surface area contributed by atoms with E-state index in [2.05, 4.69) is 4.65 Å². The molecule has 4 nitrogen and oxygen atoms in total. The first-order chi connectivity index (χ1) is 6.50. The molecule has 0 aliphatic rings. The number of rotatable bonds is 3. The molecule has 0 amide bonds. The molecule has 0 aliphatic carbocycles. The zero-order valence-corrected chi connectivity index (χ0v) is 8.15. The number of halogens is 1. The van der Waals surface area contributed by atoms with Crippen molar-refractivity contribution in [1.82, 2.24) is 0 Å². The maximum atomic E-state index is 11.0. The highest BCUT2D eigenvalue weighted by Gasteiger charge is 2.14. The van der Waals surface area contributed by atoms with Crippen LogP contribution in [0.25, 0.3) is 0 Å². The van der Waals surface area contributed by atoms with Gasteiger partial charge in [0, 0.05) is 5.56 Å². The van der Waals surface area contributed by atoms with Crippen molar-refractivity contribution in [2.45, 2.75) is 6.92 Å². The predicted molar refractivity (Wildman–Crippen MR) is 52.3 cm³/mol. The highest BCUT2D eigenvalue weighted by Crippen LogP contribution is 2.25. The standard InChI is InChI=1S/C8H8BClO4/c1-5(11)6-2-3-7(10)8(4-6)14-9(12)13/h2-4,12-13H,1H3. The van der Waals surface area contributed by atoms with Crippen molar-refractivity contribution in [2.24, 2.45) is 0 Å². The van der Waals surface area contributed by atoms with Crippen LogP contribution in [0.3, 0.4) is 0 Å². The Morgan fingerprint density at radius 1 is 1.50 bits per heavy atom. The lowest BCUT2D eigenvalue weighted by atomic mass is 10.1. The minimum absolute atomic E-state index is 0.0642. The Labute approximate surface area is 86.3 Å². The molecule has 0 spiro atoms. The van der Waals surface area contributed by atoms with Gasteiger partial charge in [-0.1, -0.05) is 11.6 Å². The molecule has 6 heteroatoms. The molecule has 0 unspecified atom stereocenters. The van der Waals surface area contributed by atoms with E-state index in [9.17, 15) is 4.79 Å². The van der Waals surface area contributed by atoms with Gasteiger partial charge in [-0.25, -0.2) is 0 Å². The molecule has 0 aliphatic heterocycles. The molecule has 74 valence electrons. The van der Waals surface area contributed by atoms with Crippen LogP contribution >= 0.6 is 11.6 Å². The van der Waals surface area contributed by atoms with Crippen LogP contribution in [0.1, 0.15) is 17.3 Å². The van der Waals surface area contributed by atoms with Crippen LogP contribution in [0, 0.1) is 0 Å². The maximum absolute atomic E-state index is 11.0. The molecule has 1 rings (SSSR count). The van der Waals surface area contributed by atoms with Crippen LogP contribution in [-0.4, -0.2) is 23.2 Å². The number of hydrogen-bond acceptors (Lipinski definition) is 4. The normalized spacial score (nSPS) is 9.71. The number of carbonyl (C=O) groups is 1. The molecule has 0 heterocycles. The Hall–Kier alpha value is -1.04. The highest BCUT2D eigenvalue weighted by molar-refractivity contribution is 6.36. The van der Waals surface area contributed by atoms with Crippen LogP contribution in [0.5, 0.6) is 5.75 Å². The van der Waals surface area contributed by atoms with E-state index in [0.717, 1.165) is 0 Å². The number of benzene rings is 1. The lowest BCUT2D eigenvalue weighted by molar-refractivity contribution is 0.101. The first-order valence-electron chi connectivity index (χ1n) is 3.84. The van der Waals surface area contributed by atoms with Crippen LogP contribution in [0.15, 0.2) is 18.2 Å². The van der Waals surface area contributed by atoms with Gasteiger partial charge in [0.15, 0.2) is 5.78 Å². The molecule has 1 aromatic rings. The summed E-state index contributed by atoms with van der Waals surface area (Å²) in [5, 5.41) is 17.3. The van der Waals surface area contributed by atoms with E-state index < -0.39 is 7.32 Å². The summed E-state index contributed by atoms with van der Waals surface area (Å²) >= 11 is 5.69. The highest BCUT2D eigenvalue weighted by atomic mass is 35.5. The molecule has 0 atom stereocenters. The van der Waals surface area contributed by atoms with Crippen molar-refractivity contribution in [2.75, 3.05) is 0 Å². The van der Waals surface area contributed by atoms with Gasteiger partial charge in [-0.3, -0.25) is 4.79 Å². The fraction of sp³-hybridized carbons (Fsp3) is 0.125. The number of ketones is 1. The summed E-state index contributed by atoms with van der Waals surface area (Å²) in [5.74, 6) is -0.0895. The first-order valence-corrected chi connectivity index (χ1v) is 4.22. The average Bonchev–Trinajstić information content (AvgIpc) is 2.07. The van der Waals surface area contributed by atoms with Crippen LogP contribution in [-0.2, 0) is 0 Å². The van der Waals surface area contributed by atoms with Gasteiger partial charge in [-0.15, -0.1) is 0 Å². The van der Waals surface area contributed by atoms with E-state index in [1.807, 2.05) is 0 Å². The minimum atomic E-state index is -1.95. The van der Waals surface area contributed by atoms with E-state index in [-0.39, 0.29) is 16.6 Å². The van der Waals surface area contributed by atoms with Gasteiger partial charge in [0.25, 0.3) is 0 Å². The zero-order valence-electron chi connectivity index (χ0n) is 7.40. The third-order valence-electron chi connectivity index (χ3n) is 1.57. The van der Waals surface area contributed by atoms with Crippen LogP contribution < -0.4 is 4.65 Å². The Morgan fingerprint density at radius 3 is 2.64 bits per heavy atom. The SMILES string of the molecule is CC(=O)c1ccc(Cl)c(OB(O)O)c1. The quantitative estimate of drug-likeness (QED) is 0.579. The van der Waals surface area contributed by atoms with Crippen molar-refractivity contribution in [3.8, 4) is 5.75 Å². The molecule has 0 radical (unpaired) electrons. The van der Waals surface area contributed by atoms with Crippen molar-refractivity contribution < 1.29 is 19.5 Å². The van der Waals surface area contributed by atoms with E-state index in [4.69, 9.17) is 21.6 Å². The lowest BCUT2D eigenvalue weighted by Gasteiger charge is -2.07. The third-order valence-corrected chi connectivity index (χ3v) is 1.88. The monoisotopic (exact) mass is 214 g/mol. The summed E-state index contributed by atoms with van der Waals surface area (Å²) < 4.78 is 4.56. The second-order valence-electron chi connectivity index (χ2n) is 2.65. The molecular formula is C8H8BClO4. The van der Waals surface area contributed by atoms with Crippen molar-refractivity contribution >= 4 is 24.7 Å². The Kier molecular flexibility index (Phi) is 3.52. The van der Waals surface area contributed by atoms with Gasteiger partial charge < -0.3 is 14.7 Å². The Balaban J connectivity index is 3.02. The molecule has 0 fully saturated rings. The topological polar surface area (TPSA) is 66.8 Å². The molecule has 2 N–H and O–H groups in total. The predicted octanol–water partition coefficient (Wildman–Crippen LogP) is 0.891. The number of carbonyl (C=O) groups excluding carboxylic acids is 1. The first kappa shape index (κ1) is 11.0. The molecule has 0 bridgehead atoms. The van der Waals surface area contributed by atoms with Gasteiger partial charge in [-0.2, -0.15) is 0 Å². The Bertz CT molecular complexity index is 353. The summed E-state index contributed by atoms with van der Waals surface area (Å²) in [6.07, 6.45) is 0. The van der Waals surface area contributed by atoms with E-state index in [1.54, 1.807) is 0 Å². The Morgan fingerprint density at radius 2 is 2.14 bits per heavy atom. The van der Waals surface area contributed by atoms with Crippen molar-refractivity contribution in [3.05, 3.63) is 28.8 Å². The van der Waals surface area contributed by atoms with Crippen LogP contribution in [0.2, 0.25) is 5.02 Å². The van der Waals surface area contributed by atoms with Crippen molar-refractivity contribution in [1.29, 1.82) is 0 Å². The second-order valence-corrected chi connectivity index (χ2v) is 3.05. The summed E-state index contributed by atoms with van der Waals surface area (Å²) in [6, 6.07) is 4.33. The van der Waals surface area contributed by atoms with Gasteiger partial charge >= 0.3 is 7.32 Å². The van der Waals surface area contributed by atoms with E-state index in [1.165, 1.54) is 25.1 Å². The smallest absolute Gasteiger partial charge is 0.511 e. The maximum Gasteiger partial charge on any atom is 0.707 e. The summed E-state index contributed by atoms with van der Waals surface area (Å²) in [5.41, 5.74) is 0.394. The lowest BCUT2D eigenvalue weighted by Crippen LogP contribution is -2.20. The zero-order chi connectivity index (χ0) is 10.7. The van der Waals surface area contributed by atoms with Gasteiger partial charge in [0.2, 0.25) is 0 Å². The number of hydrogen-bond donors (Lipinski definition) is 2. The molecule has 0 saturated heterocycles. The van der Waals surface area contributed by atoms with E-state index >= 15 is 0 Å². The summed E-state index contributed by atoms with van der Waals surface area (Å²) in [7, 11) is -1.95. The van der Waals surface area contributed by atoms with Gasteiger partial charge in [-0.05, 0) is 25.1 Å². The number of Topliss-reactive ketones (excluding diaryl/α,β-unsaturated/α-hetero) is 1. The van der Waals surface area contributed by atoms with Crippen LogP contribution in [0.4, 0.5) is 0 Å². The summed E-state index contributed by atoms with van der Waals surface area (Å²) in [6.45, 7) is 1.39. The molecule has 0 aromatic heterocycles. The fourth-order valence-electron chi connectivity index (χ4n) is 0.926. The van der Waals surface area contributed by atoms with Gasteiger partial charge in [0.05, 0.1) is 5.02 Å². The molecule has 0 saturated carbocycles.